The lowest BCUT2D eigenvalue weighted by molar-refractivity contribution is -0.193. The van der Waals surface area contributed by atoms with Gasteiger partial charge in [0.15, 0.2) is 0 Å². The van der Waals surface area contributed by atoms with Crippen molar-refractivity contribution in [2.45, 2.75) is 12.7 Å². The Kier molecular flexibility index (Phi) is 3.24. The number of esters is 1. The number of halogens is 3. The third-order valence-electron chi connectivity index (χ3n) is 2.31. The topological polar surface area (TPSA) is 59.0 Å². The highest BCUT2D eigenvalue weighted by Crippen LogP contribution is 2.24. The summed E-state index contributed by atoms with van der Waals surface area (Å²) >= 11 is 0. The smallest absolute Gasteiger partial charge is 0.369 e. The second kappa shape index (κ2) is 4.71. The SMILES string of the molecule is O=C(OC(=O)C(F)(F)F)N1C=Nc2ccccc2C1. The lowest BCUT2D eigenvalue weighted by Gasteiger charge is -2.21. The van der Waals surface area contributed by atoms with Crippen molar-refractivity contribution in [1.29, 1.82) is 0 Å². The van der Waals surface area contributed by atoms with E-state index in [0.29, 0.717) is 11.3 Å². The lowest BCUT2D eigenvalue weighted by atomic mass is 10.1. The van der Waals surface area contributed by atoms with E-state index in [-0.39, 0.29) is 6.54 Å². The van der Waals surface area contributed by atoms with Crippen LogP contribution in [-0.2, 0) is 16.1 Å². The number of alkyl halides is 3. The fourth-order valence-corrected chi connectivity index (χ4v) is 1.43. The van der Waals surface area contributed by atoms with Gasteiger partial charge in [-0.05, 0) is 11.6 Å². The standard InChI is InChI=1S/C11H7F3N2O3/c12-11(13,14)9(17)19-10(18)16-5-7-3-1-2-4-8(7)15-6-16/h1-4,6H,5H2. The molecular weight excluding hydrogens is 265 g/mol. The number of hydrogen-bond donors (Lipinski definition) is 0. The maximum Gasteiger partial charge on any atom is 0.491 e. The Bertz CT molecular complexity index is 554. The molecule has 2 rings (SSSR count). The molecule has 1 amide bonds. The van der Waals surface area contributed by atoms with Crippen molar-refractivity contribution >= 4 is 24.1 Å². The van der Waals surface area contributed by atoms with Crippen molar-refractivity contribution in [3.8, 4) is 0 Å². The van der Waals surface area contributed by atoms with E-state index in [1.165, 1.54) is 0 Å². The highest BCUT2D eigenvalue weighted by Gasteiger charge is 2.43. The summed E-state index contributed by atoms with van der Waals surface area (Å²) in [5.74, 6) is -2.55. The predicted molar refractivity (Wildman–Crippen MR) is 57.7 cm³/mol. The van der Waals surface area contributed by atoms with Crippen molar-refractivity contribution in [1.82, 2.24) is 4.90 Å². The Hall–Kier alpha value is -2.38. The molecule has 0 bridgehead atoms. The van der Waals surface area contributed by atoms with E-state index in [1.807, 2.05) is 0 Å². The number of carbonyl (C=O) groups excluding carboxylic acids is 2. The van der Waals surface area contributed by atoms with Crippen molar-refractivity contribution in [3.63, 3.8) is 0 Å². The van der Waals surface area contributed by atoms with Crippen LogP contribution in [0.1, 0.15) is 5.56 Å². The first-order valence-electron chi connectivity index (χ1n) is 5.09. The second-order valence-corrected chi connectivity index (χ2v) is 3.65. The Balaban J connectivity index is 2.06. The summed E-state index contributed by atoms with van der Waals surface area (Å²) in [6.45, 7) is -0.0103. The average molecular weight is 272 g/mol. The third kappa shape index (κ3) is 2.90. The zero-order valence-corrected chi connectivity index (χ0v) is 9.35. The Morgan fingerprint density at radius 1 is 1.26 bits per heavy atom. The van der Waals surface area contributed by atoms with Crippen LogP contribution in [0.5, 0.6) is 0 Å². The van der Waals surface area contributed by atoms with Gasteiger partial charge in [0.05, 0.1) is 12.2 Å². The van der Waals surface area contributed by atoms with E-state index in [4.69, 9.17) is 0 Å². The summed E-state index contributed by atoms with van der Waals surface area (Å²) < 4.78 is 39.5. The molecule has 0 aliphatic carbocycles. The second-order valence-electron chi connectivity index (χ2n) is 3.65. The van der Waals surface area contributed by atoms with Gasteiger partial charge in [0, 0.05) is 0 Å². The van der Waals surface area contributed by atoms with Crippen LogP contribution in [0.2, 0.25) is 0 Å². The van der Waals surface area contributed by atoms with Crippen LogP contribution in [0.25, 0.3) is 0 Å². The van der Waals surface area contributed by atoms with Crippen LogP contribution in [-0.4, -0.2) is 29.5 Å². The maximum absolute atomic E-state index is 11.9. The van der Waals surface area contributed by atoms with Crippen molar-refractivity contribution in [2.75, 3.05) is 0 Å². The molecule has 8 heteroatoms. The van der Waals surface area contributed by atoms with Gasteiger partial charge in [-0.25, -0.2) is 14.6 Å². The van der Waals surface area contributed by atoms with E-state index in [1.54, 1.807) is 24.3 Å². The van der Waals surface area contributed by atoms with Gasteiger partial charge < -0.3 is 4.74 Å². The maximum atomic E-state index is 11.9. The molecule has 1 aromatic rings. The van der Waals surface area contributed by atoms with E-state index in [9.17, 15) is 22.8 Å². The molecule has 0 aromatic heterocycles. The van der Waals surface area contributed by atoms with Crippen LogP contribution in [0, 0.1) is 0 Å². The average Bonchev–Trinajstić information content (AvgIpc) is 2.37. The monoisotopic (exact) mass is 272 g/mol. The summed E-state index contributed by atoms with van der Waals surface area (Å²) in [5.41, 5.74) is 1.25. The van der Waals surface area contributed by atoms with E-state index < -0.39 is 18.2 Å². The fraction of sp³-hybridized carbons (Fsp3) is 0.182. The molecular formula is C11H7F3N2O3. The molecule has 0 saturated heterocycles. The largest absolute Gasteiger partial charge is 0.491 e. The van der Waals surface area contributed by atoms with Crippen molar-refractivity contribution < 1.29 is 27.5 Å². The highest BCUT2D eigenvalue weighted by atomic mass is 19.4. The number of benzene rings is 1. The first-order valence-corrected chi connectivity index (χ1v) is 5.09. The number of ether oxygens (including phenoxy) is 1. The summed E-state index contributed by atoms with van der Waals surface area (Å²) in [6.07, 6.45) is -5.60. The minimum atomic E-state index is -5.21. The zero-order chi connectivity index (χ0) is 14.0. The molecule has 100 valence electrons. The molecule has 0 atom stereocenters. The highest BCUT2D eigenvalue weighted by molar-refractivity contribution is 5.93. The third-order valence-corrected chi connectivity index (χ3v) is 2.31. The Morgan fingerprint density at radius 3 is 2.63 bits per heavy atom. The number of nitrogens with zero attached hydrogens (tertiary/aromatic N) is 2. The molecule has 0 saturated carbocycles. The van der Waals surface area contributed by atoms with Crippen molar-refractivity contribution in [3.05, 3.63) is 29.8 Å². The Labute approximate surface area is 105 Å². The molecule has 1 aliphatic rings. The van der Waals surface area contributed by atoms with E-state index >= 15 is 0 Å². The normalized spacial score (nSPS) is 13.9. The van der Waals surface area contributed by atoms with Crippen LogP contribution in [0.3, 0.4) is 0 Å². The molecule has 5 nitrogen and oxygen atoms in total. The minimum Gasteiger partial charge on any atom is -0.369 e. The predicted octanol–water partition coefficient (Wildman–Crippen LogP) is 2.39. The van der Waals surface area contributed by atoms with Gasteiger partial charge in [0.25, 0.3) is 0 Å². The minimum absolute atomic E-state index is 0.0103. The summed E-state index contributed by atoms with van der Waals surface area (Å²) in [5, 5.41) is 0. The number of aliphatic imine (C=N–C) groups is 1. The Morgan fingerprint density at radius 2 is 1.95 bits per heavy atom. The summed E-state index contributed by atoms with van der Waals surface area (Å²) in [7, 11) is 0. The zero-order valence-electron chi connectivity index (χ0n) is 9.35. The van der Waals surface area contributed by atoms with E-state index in [0.717, 1.165) is 11.2 Å². The molecule has 0 fully saturated rings. The van der Waals surface area contributed by atoms with Crippen LogP contribution >= 0.6 is 0 Å². The van der Waals surface area contributed by atoms with Crippen LogP contribution in [0.4, 0.5) is 23.7 Å². The van der Waals surface area contributed by atoms with E-state index in [2.05, 4.69) is 9.73 Å². The van der Waals surface area contributed by atoms with Crippen molar-refractivity contribution in [2.24, 2.45) is 4.99 Å². The van der Waals surface area contributed by atoms with Gasteiger partial charge in [0.2, 0.25) is 0 Å². The van der Waals surface area contributed by atoms with Gasteiger partial charge in [-0.15, -0.1) is 0 Å². The molecule has 1 aliphatic heterocycles. The summed E-state index contributed by atoms with van der Waals surface area (Å²) in [6, 6.07) is 6.79. The number of hydrogen-bond acceptors (Lipinski definition) is 4. The number of fused-ring (bicyclic) bond motifs is 1. The first kappa shape index (κ1) is 13.1. The molecule has 1 heterocycles. The number of amides is 1. The molecule has 0 unspecified atom stereocenters. The molecule has 19 heavy (non-hydrogen) atoms. The number of rotatable bonds is 0. The van der Waals surface area contributed by atoms with Gasteiger partial charge in [0.1, 0.15) is 6.34 Å². The summed E-state index contributed by atoms with van der Waals surface area (Å²) in [4.78, 5) is 26.5. The van der Waals surface area contributed by atoms with Crippen LogP contribution < -0.4 is 0 Å². The number of carbonyl (C=O) groups is 2. The molecule has 0 N–H and O–H groups in total. The number of para-hydroxylation sites is 1. The first-order chi connectivity index (χ1) is 8.88. The molecule has 1 aromatic carbocycles. The van der Waals surface area contributed by atoms with Gasteiger partial charge in [-0.1, -0.05) is 18.2 Å². The fourth-order valence-electron chi connectivity index (χ4n) is 1.43. The van der Waals surface area contributed by atoms with Gasteiger partial charge in [-0.3, -0.25) is 4.90 Å². The quantitative estimate of drug-likeness (QED) is 0.538. The molecule has 0 spiro atoms. The lowest BCUT2D eigenvalue weighted by Crippen LogP contribution is -2.36. The van der Waals surface area contributed by atoms with Gasteiger partial charge in [-0.2, -0.15) is 13.2 Å². The van der Waals surface area contributed by atoms with Crippen LogP contribution in [0.15, 0.2) is 29.3 Å². The molecule has 0 radical (unpaired) electrons. The van der Waals surface area contributed by atoms with Gasteiger partial charge >= 0.3 is 18.2 Å².